The molecule has 21 heavy (non-hydrogen) atoms. The maximum absolute atomic E-state index is 12.1. The summed E-state index contributed by atoms with van der Waals surface area (Å²) in [6, 6.07) is 15.6. The first-order valence-corrected chi connectivity index (χ1v) is 7.53. The van der Waals surface area contributed by atoms with Gasteiger partial charge in [0.1, 0.15) is 0 Å². The lowest BCUT2D eigenvalue weighted by molar-refractivity contribution is 0.0951. The Kier molecular flexibility index (Phi) is 3.80. The quantitative estimate of drug-likeness (QED) is 0.737. The summed E-state index contributed by atoms with van der Waals surface area (Å²) in [5.74, 6) is -0.0679. The summed E-state index contributed by atoms with van der Waals surface area (Å²) in [6.45, 7) is 2.56. The molecular formula is C17H15BrN2O. The van der Waals surface area contributed by atoms with Crippen LogP contribution >= 0.6 is 15.9 Å². The highest BCUT2D eigenvalue weighted by Crippen LogP contribution is 2.17. The predicted molar refractivity (Wildman–Crippen MR) is 88.3 cm³/mol. The fourth-order valence-corrected chi connectivity index (χ4v) is 2.75. The highest BCUT2D eigenvalue weighted by molar-refractivity contribution is 9.10. The van der Waals surface area contributed by atoms with Gasteiger partial charge in [-0.25, -0.2) is 0 Å². The molecule has 4 heteroatoms. The summed E-state index contributed by atoms with van der Waals surface area (Å²) in [4.78, 5) is 15.4. The van der Waals surface area contributed by atoms with E-state index in [1.54, 1.807) is 6.07 Å². The van der Waals surface area contributed by atoms with E-state index in [4.69, 9.17) is 0 Å². The van der Waals surface area contributed by atoms with Gasteiger partial charge in [0.05, 0.1) is 0 Å². The summed E-state index contributed by atoms with van der Waals surface area (Å²) in [5, 5.41) is 4.11. The lowest BCUT2D eigenvalue weighted by Crippen LogP contribution is -2.22. The van der Waals surface area contributed by atoms with Crippen molar-refractivity contribution in [3.8, 4) is 0 Å². The van der Waals surface area contributed by atoms with Crippen LogP contribution in [0.15, 0.2) is 53.0 Å². The van der Waals surface area contributed by atoms with Crippen LogP contribution in [-0.4, -0.2) is 10.9 Å². The zero-order chi connectivity index (χ0) is 14.8. The standard InChI is InChI=1S/C17H15BrN2O/c1-11-7-14-8-12(5-6-16(14)20-11)10-19-17(21)13-3-2-4-15(18)9-13/h2-9,20H,10H2,1H3,(H,19,21). The van der Waals surface area contributed by atoms with E-state index in [-0.39, 0.29) is 5.91 Å². The maximum atomic E-state index is 12.1. The first-order chi connectivity index (χ1) is 10.1. The number of fused-ring (bicyclic) bond motifs is 1. The van der Waals surface area contributed by atoms with Gasteiger partial charge in [0, 0.05) is 27.8 Å². The van der Waals surface area contributed by atoms with Crippen LogP contribution in [0.1, 0.15) is 21.6 Å². The number of aromatic amines is 1. The molecule has 3 nitrogen and oxygen atoms in total. The van der Waals surface area contributed by atoms with Crippen LogP contribution in [-0.2, 0) is 6.54 Å². The number of benzene rings is 2. The van der Waals surface area contributed by atoms with Gasteiger partial charge in [-0.1, -0.05) is 28.1 Å². The van der Waals surface area contributed by atoms with E-state index in [1.165, 1.54) is 5.39 Å². The second-order valence-electron chi connectivity index (χ2n) is 5.07. The molecular weight excluding hydrogens is 328 g/mol. The van der Waals surface area contributed by atoms with Gasteiger partial charge in [-0.15, -0.1) is 0 Å². The van der Waals surface area contributed by atoms with Crippen molar-refractivity contribution in [1.29, 1.82) is 0 Å². The highest BCUT2D eigenvalue weighted by atomic mass is 79.9. The molecule has 1 aromatic heterocycles. The lowest BCUT2D eigenvalue weighted by atomic mass is 10.1. The number of carbonyl (C=O) groups excluding carboxylic acids is 1. The molecule has 0 radical (unpaired) electrons. The number of hydrogen-bond acceptors (Lipinski definition) is 1. The fourth-order valence-electron chi connectivity index (χ4n) is 2.35. The Morgan fingerprint density at radius 1 is 1.19 bits per heavy atom. The molecule has 0 fully saturated rings. The third-order valence-electron chi connectivity index (χ3n) is 3.36. The number of rotatable bonds is 3. The second kappa shape index (κ2) is 5.74. The summed E-state index contributed by atoms with van der Waals surface area (Å²) < 4.78 is 0.902. The molecule has 1 amide bonds. The molecule has 0 saturated carbocycles. The molecule has 3 aromatic rings. The van der Waals surface area contributed by atoms with Crippen molar-refractivity contribution in [3.63, 3.8) is 0 Å². The molecule has 1 heterocycles. The van der Waals surface area contributed by atoms with E-state index in [0.717, 1.165) is 21.2 Å². The average Bonchev–Trinajstić information content (AvgIpc) is 2.84. The van der Waals surface area contributed by atoms with Gasteiger partial charge in [0.2, 0.25) is 0 Å². The molecule has 0 atom stereocenters. The third kappa shape index (κ3) is 3.16. The molecule has 3 rings (SSSR count). The van der Waals surface area contributed by atoms with Crippen molar-refractivity contribution in [3.05, 3.63) is 69.8 Å². The van der Waals surface area contributed by atoms with Gasteiger partial charge in [-0.2, -0.15) is 0 Å². The smallest absolute Gasteiger partial charge is 0.251 e. The SMILES string of the molecule is Cc1cc2cc(CNC(=O)c3cccc(Br)c3)ccc2[nH]1. The van der Waals surface area contributed by atoms with Gasteiger partial charge in [-0.05, 0) is 54.3 Å². The van der Waals surface area contributed by atoms with E-state index in [9.17, 15) is 4.79 Å². The number of halogens is 1. The number of amides is 1. The predicted octanol–water partition coefficient (Wildman–Crippen LogP) is 4.17. The molecule has 2 aromatic carbocycles. The highest BCUT2D eigenvalue weighted by Gasteiger charge is 2.06. The van der Waals surface area contributed by atoms with Gasteiger partial charge in [0.25, 0.3) is 5.91 Å². The number of aromatic nitrogens is 1. The molecule has 0 unspecified atom stereocenters. The molecule has 0 aliphatic rings. The van der Waals surface area contributed by atoms with Crippen molar-refractivity contribution in [2.45, 2.75) is 13.5 Å². The molecule has 0 aliphatic carbocycles. The maximum Gasteiger partial charge on any atom is 0.251 e. The van der Waals surface area contributed by atoms with Crippen molar-refractivity contribution in [2.24, 2.45) is 0 Å². The van der Waals surface area contributed by atoms with Gasteiger partial charge in [0.15, 0.2) is 0 Å². The first kappa shape index (κ1) is 13.9. The molecule has 2 N–H and O–H groups in total. The van der Waals surface area contributed by atoms with E-state index in [0.29, 0.717) is 12.1 Å². The van der Waals surface area contributed by atoms with Crippen LogP contribution in [0, 0.1) is 6.92 Å². The summed E-state index contributed by atoms with van der Waals surface area (Å²) >= 11 is 3.37. The molecule has 0 saturated heterocycles. The number of aryl methyl sites for hydroxylation is 1. The third-order valence-corrected chi connectivity index (χ3v) is 3.85. The van der Waals surface area contributed by atoms with E-state index >= 15 is 0 Å². The zero-order valence-corrected chi connectivity index (χ0v) is 13.2. The Hall–Kier alpha value is -2.07. The molecule has 0 spiro atoms. The van der Waals surface area contributed by atoms with E-state index < -0.39 is 0 Å². The Morgan fingerprint density at radius 2 is 2.05 bits per heavy atom. The second-order valence-corrected chi connectivity index (χ2v) is 5.98. The minimum Gasteiger partial charge on any atom is -0.359 e. The Labute approximate surface area is 131 Å². The van der Waals surface area contributed by atoms with Crippen molar-refractivity contribution < 1.29 is 4.79 Å². The molecule has 106 valence electrons. The lowest BCUT2D eigenvalue weighted by Gasteiger charge is -2.06. The van der Waals surface area contributed by atoms with Crippen LogP contribution in [0.4, 0.5) is 0 Å². The Bertz CT molecular complexity index is 807. The minimum atomic E-state index is -0.0679. The number of hydrogen-bond donors (Lipinski definition) is 2. The van der Waals surface area contributed by atoms with E-state index in [2.05, 4.69) is 38.4 Å². The van der Waals surface area contributed by atoms with Crippen LogP contribution in [0.2, 0.25) is 0 Å². The van der Waals surface area contributed by atoms with Crippen LogP contribution in [0.25, 0.3) is 10.9 Å². The number of carbonyl (C=O) groups is 1. The first-order valence-electron chi connectivity index (χ1n) is 6.74. The number of nitrogens with one attached hydrogen (secondary N) is 2. The number of H-pyrrole nitrogens is 1. The van der Waals surface area contributed by atoms with Crippen molar-refractivity contribution in [2.75, 3.05) is 0 Å². The van der Waals surface area contributed by atoms with Crippen molar-refractivity contribution in [1.82, 2.24) is 10.3 Å². The topological polar surface area (TPSA) is 44.9 Å². The summed E-state index contributed by atoms with van der Waals surface area (Å²) in [7, 11) is 0. The normalized spacial score (nSPS) is 10.8. The van der Waals surface area contributed by atoms with Crippen LogP contribution < -0.4 is 5.32 Å². The summed E-state index contributed by atoms with van der Waals surface area (Å²) in [6.07, 6.45) is 0. The van der Waals surface area contributed by atoms with Crippen LogP contribution in [0.3, 0.4) is 0 Å². The largest absolute Gasteiger partial charge is 0.359 e. The summed E-state index contributed by atoms with van der Waals surface area (Å²) in [5.41, 5.74) is 4.00. The minimum absolute atomic E-state index is 0.0679. The monoisotopic (exact) mass is 342 g/mol. The van der Waals surface area contributed by atoms with Gasteiger partial charge < -0.3 is 10.3 Å². The molecule has 0 bridgehead atoms. The van der Waals surface area contributed by atoms with Gasteiger partial charge >= 0.3 is 0 Å². The Balaban J connectivity index is 1.72. The average molecular weight is 343 g/mol. The zero-order valence-electron chi connectivity index (χ0n) is 11.6. The van der Waals surface area contributed by atoms with E-state index in [1.807, 2.05) is 37.3 Å². The fraction of sp³-hybridized carbons (Fsp3) is 0.118. The van der Waals surface area contributed by atoms with Crippen LogP contribution in [0.5, 0.6) is 0 Å². The molecule has 0 aliphatic heterocycles. The van der Waals surface area contributed by atoms with Crippen molar-refractivity contribution >= 4 is 32.7 Å². The Morgan fingerprint density at radius 3 is 2.86 bits per heavy atom. The van der Waals surface area contributed by atoms with Gasteiger partial charge in [-0.3, -0.25) is 4.79 Å².